The van der Waals surface area contributed by atoms with Crippen LogP contribution in [0.3, 0.4) is 0 Å². The molecule has 7 heteroatoms. The number of aliphatic carboxylic acids is 1. The fraction of sp³-hybridized carbons (Fsp3) is 0.733. The van der Waals surface area contributed by atoms with Crippen molar-refractivity contribution in [2.45, 2.75) is 57.4 Å². The van der Waals surface area contributed by atoms with Crippen LogP contribution in [0, 0.1) is 11.8 Å². The van der Waals surface area contributed by atoms with Crippen LogP contribution in [0.4, 0.5) is 0 Å². The molecule has 2 unspecified atom stereocenters. The fourth-order valence-corrected chi connectivity index (χ4v) is 3.41. The maximum absolute atomic E-state index is 12.5. The van der Waals surface area contributed by atoms with E-state index in [0.29, 0.717) is 31.0 Å². The van der Waals surface area contributed by atoms with Crippen molar-refractivity contribution in [1.29, 1.82) is 0 Å². The van der Waals surface area contributed by atoms with Gasteiger partial charge in [-0.2, -0.15) is 4.98 Å². The Balaban J connectivity index is 1.77. The minimum Gasteiger partial charge on any atom is -0.481 e. The van der Waals surface area contributed by atoms with Crippen molar-refractivity contribution in [1.82, 2.24) is 15.5 Å². The Bertz CT molecular complexity index is 577. The van der Waals surface area contributed by atoms with Gasteiger partial charge in [0.05, 0.1) is 11.8 Å². The van der Waals surface area contributed by atoms with Crippen molar-refractivity contribution in [3.63, 3.8) is 0 Å². The highest BCUT2D eigenvalue weighted by Gasteiger charge is 2.47. The zero-order chi connectivity index (χ0) is 15.7. The number of aryl methyl sites for hydroxylation is 1. The minimum absolute atomic E-state index is 0.191. The lowest BCUT2D eigenvalue weighted by atomic mass is 9.72. The number of carboxylic acids is 1. The number of nitrogens with zero attached hydrogens (tertiary/aromatic N) is 2. The van der Waals surface area contributed by atoms with Gasteiger partial charge in [0.25, 0.3) is 0 Å². The highest BCUT2D eigenvalue weighted by molar-refractivity contribution is 5.86. The Morgan fingerprint density at radius 3 is 2.50 bits per heavy atom. The van der Waals surface area contributed by atoms with Crippen LogP contribution >= 0.6 is 0 Å². The molecule has 0 spiro atoms. The normalized spacial score (nSPS) is 26.4. The molecular weight excluding hydrogens is 286 g/mol. The number of hydrogen-bond donors (Lipinski definition) is 2. The van der Waals surface area contributed by atoms with Crippen LogP contribution in [0.2, 0.25) is 0 Å². The molecule has 2 atom stereocenters. The van der Waals surface area contributed by atoms with Crippen LogP contribution in [-0.2, 0) is 21.5 Å². The van der Waals surface area contributed by atoms with Gasteiger partial charge in [0.2, 0.25) is 11.8 Å². The molecule has 2 N–H and O–H groups in total. The van der Waals surface area contributed by atoms with Crippen molar-refractivity contribution in [2.75, 3.05) is 0 Å². The van der Waals surface area contributed by atoms with E-state index in [-0.39, 0.29) is 5.91 Å². The quantitative estimate of drug-likeness (QED) is 0.856. The summed E-state index contributed by atoms with van der Waals surface area (Å²) in [6, 6.07) is 0. The lowest BCUT2D eigenvalue weighted by molar-refractivity contribution is -0.153. The minimum atomic E-state index is -0.889. The number of nitrogens with one attached hydrogen (secondary N) is 1. The van der Waals surface area contributed by atoms with E-state index < -0.39 is 23.3 Å². The average Bonchev–Trinajstić information content (AvgIpc) is 3.05. The Morgan fingerprint density at radius 1 is 1.32 bits per heavy atom. The average molecular weight is 307 g/mol. The van der Waals surface area contributed by atoms with Crippen LogP contribution in [0.1, 0.15) is 57.2 Å². The lowest BCUT2D eigenvalue weighted by Crippen LogP contribution is -2.51. The van der Waals surface area contributed by atoms with Crippen LogP contribution in [0.5, 0.6) is 0 Å². The summed E-state index contributed by atoms with van der Waals surface area (Å²) < 4.78 is 5.19. The third-order valence-corrected chi connectivity index (χ3v) is 4.95. The second-order valence-electron chi connectivity index (χ2n) is 6.27. The molecule has 1 heterocycles. The summed E-state index contributed by atoms with van der Waals surface area (Å²) >= 11 is 0. The third-order valence-electron chi connectivity index (χ3n) is 4.95. The van der Waals surface area contributed by atoms with Gasteiger partial charge in [-0.3, -0.25) is 9.59 Å². The molecule has 0 radical (unpaired) electrons. The number of carbonyl (C=O) groups is 2. The summed E-state index contributed by atoms with van der Waals surface area (Å²) in [6.45, 7) is 1.93. The van der Waals surface area contributed by atoms with Gasteiger partial charge in [0.1, 0.15) is 5.54 Å². The highest BCUT2D eigenvalue weighted by atomic mass is 16.5. The second-order valence-corrected chi connectivity index (χ2v) is 6.27. The molecule has 2 aliphatic carbocycles. The molecular formula is C15H21N3O4. The third kappa shape index (κ3) is 2.48. The lowest BCUT2D eigenvalue weighted by Gasteiger charge is -2.36. The molecule has 3 rings (SSSR count). The Labute approximate surface area is 128 Å². The predicted octanol–water partition coefficient (Wildman–Crippen LogP) is 1.63. The van der Waals surface area contributed by atoms with Gasteiger partial charge in [-0.1, -0.05) is 24.9 Å². The van der Waals surface area contributed by atoms with Crippen LogP contribution in [0.25, 0.3) is 0 Å². The van der Waals surface area contributed by atoms with Gasteiger partial charge in [-0.25, -0.2) is 0 Å². The second kappa shape index (κ2) is 5.70. The van der Waals surface area contributed by atoms with E-state index in [2.05, 4.69) is 15.5 Å². The van der Waals surface area contributed by atoms with Gasteiger partial charge in [-0.05, 0) is 25.7 Å². The first kappa shape index (κ1) is 15.0. The van der Waals surface area contributed by atoms with Crippen molar-refractivity contribution in [3.05, 3.63) is 11.7 Å². The van der Waals surface area contributed by atoms with Crippen LogP contribution in [-0.4, -0.2) is 27.1 Å². The molecule has 22 heavy (non-hydrogen) atoms. The molecule has 7 nitrogen and oxygen atoms in total. The Kier molecular flexibility index (Phi) is 3.88. The first-order chi connectivity index (χ1) is 10.6. The molecule has 1 amide bonds. The molecule has 0 saturated heterocycles. The summed E-state index contributed by atoms with van der Waals surface area (Å²) in [4.78, 5) is 28.0. The van der Waals surface area contributed by atoms with E-state index in [0.717, 1.165) is 25.7 Å². The standard InChI is InChI=1S/C15H21N3O4/c1-2-11-16-14(18-22-11)15(7-3-4-8-15)17-12(19)9-5-6-10(9)13(20)21/h9-10H,2-8H2,1H3,(H,17,19)(H,20,21). The molecule has 2 aliphatic rings. The molecule has 0 bridgehead atoms. The number of amides is 1. The zero-order valence-electron chi connectivity index (χ0n) is 12.7. The molecule has 120 valence electrons. The number of carbonyl (C=O) groups excluding carboxylic acids is 1. The molecule has 2 saturated carbocycles. The topological polar surface area (TPSA) is 105 Å². The van der Waals surface area contributed by atoms with Crippen LogP contribution < -0.4 is 5.32 Å². The molecule has 0 aliphatic heterocycles. The monoisotopic (exact) mass is 307 g/mol. The summed E-state index contributed by atoms with van der Waals surface area (Å²) in [5.74, 6) is -0.991. The Morgan fingerprint density at radius 2 is 2.00 bits per heavy atom. The van der Waals surface area contributed by atoms with Gasteiger partial charge in [0.15, 0.2) is 5.82 Å². The summed E-state index contributed by atoms with van der Waals surface area (Å²) in [7, 11) is 0. The highest BCUT2D eigenvalue weighted by Crippen LogP contribution is 2.40. The van der Waals surface area contributed by atoms with Gasteiger partial charge < -0.3 is 14.9 Å². The van der Waals surface area contributed by atoms with Gasteiger partial charge >= 0.3 is 5.97 Å². The first-order valence-corrected chi connectivity index (χ1v) is 7.93. The zero-order valence-corrected chi connectivity index (χ0v) is 12.7. The largest absolute Gasteiger partial charge is 0.481 e. The van der Waals surface area contributed by atoms with Crippen LogP contribution in [0.15, 0.2) is 4.52 Å². The summed E-state index contributed by atoms with van der Waals surface area (Å²) in [5.41, 5.74) is -0.591. The van der Waals surface area contributed by atoms with E-state index in [4.69, 9.17) is 9.63 Å². The van der Waals surface area contributed by atoms with Crippen molar-refractivity contribution in [3.8, 4) is 0 Å². The summed E-state index contributed by atoms with van der Waals surface area (Å²) in [6.07, 6.45) is 5.37. The smallest absolute Gasteiger partial charge is 0.307 e. The number of hydrogen-bond acceptors (Lipinski definition) is 5. The number of carboxylic acid groups (broad SMARTS) is 1. The van der Waals surface area contributed by atoms with Crippen molar-refractivity contribution >= 4 is 11.9 Å². The first-order valence-electron chi connectivity index (χ1n) is 7.93. The van der Waals surface area contributed by atoms with Gasteiger partial charge in [-0.15, -0.1) is 0 Å². The maximum Gasteiger partial charge on any atom is 0.307 e. The SMILES string of the molecule is CCc1nc(C2(NC(=O)C3CCC3C(=O)O)CCCC2)no1. The Hall–Kier alpha value is -1.92. The molecule has 2 fully saturated rings. The van der Waals surface area contributed by atoms with E-state index >= 15 is 0 Å². The molecule has 1 aromatic heterocycles. The van der Waals surface area contributed by atoms with E-state index in [1.807, 2.05) is 6.92 Å². The predicted molar refractivity (Wildman–Crippen MR) is 75.8 cm³/mol. The van der Waals surface area contributed by atoms with Crippen molar-refractivity contribution in [2.24, 2.45) is 11.8 Å². The molecule has 0 aromatic carbocycles. The number of rotatable bonds is 5. The summed E-state index contributed by atoms with van der Waals surface area (Å²) in [5, 5.41) is 16.2. The maximum atomic E-state index is 12.5. The number of aromatic nitrogens is 2. The van der Waals surface area contributed by atoms with Crippen molar-refractivity contribution < 1.29 is 19.2 Å². The van der Waals surface area contributed by atoms with E-state index in [9.17, 15) is 9.59 Å². The van der Waals surface area contributed by atoms with Gasteiger partial charge in [0, 0.05) is 6.42 Å². The van der Waals surface area contributed by atoms with E-state index in [1.165, 1.54) is 0 Å². The fourth-order valence-electron chi connectivity index (χ4n) is 3.41. The molecule has 1 aromatic rings. The van der Waals surface area contributed by atoms with E-state index in [1.54, 1.807) is 0 Å².